The Bertz CT molecular complexity index is 478. The third kappa shape index (κ3) is 6.63. The number of aliphatic imine (C=N–C) groups is 1. The Hall–Kier alpha value is -0.890. The van der Waals surface area contributed by atoms with Gasteiger partial charge in [0, 0.05) is 26.2 Å². The smallest absolute Gasteiger partial charge is 0.191 e. The number of hydrogen-bond donors (Lipinski definition) is 2. The van der Waals surface area contributed by atoms with Gasteiger partial charge in [0.2, 0.25) is 0 Å². The van der Waals surface area contributed by atoms with Crippen molar-refractivity contribution in [1.82, 2.24) is 15.5 Å². The van der Waals surface area contributed by atoms with Crippen LogP contribution in [-0.4, -0.2) is 50.1 Å². The number of likely N-dealkylation sites (tertiary alicyclic amines) is 1. The van der Waals surface area contributed by atoms with Crippen LogP contribution in [-0.2, 0) is 6.42 Å². The van der Waals surface area contributed by atoms with E-state index in [1.54, 1.807) is 7.05 Å². The molecule has 0 spiro atoms. The molecule has 1 aromatic rings. The van der Waals surface area contributed by atoms with Crippen molar-refractivity contribution in [1.29, 1.82) is 0 Å². The van der Waals surface area contributed by atoms with Crippen molar-refractivity contribution in [2.75, 3.05) is 33.2 Å². The minimum Gasteiger partial charge on any atom is -0.356 e. The van der Waals surface area contributed by atoms with Gasteiger partial charge in [-0.15, -0.1) is 24.0 Å². The van der Waals surface area contributed by atoms with Crippen LogP contribution in [0.5, 0.6) is 0 Å². The van der Waals surface area contributed by atoms with E-state index in [2.05, 4.69) is 27.4 Å². The minimum absolute atomic E-state index is 0. The van der Waals surface area contributed by atoms with Gasteiger partial charge in [-0.25, -0.2) is 4.39 Å². The Morgan fingerprint density at radius 3 is 2.70 bits per heavy atom. The fraction of sp³-hybridized carbons (Fsp3) is 0.588. The van der Waals surface area contributed by atoms with Crippen LogP contribution in [0.3, 0.4) is 0 Å². The van der Waals surface area contributed by atoms with Crippen molar-refractivity contribution in [3.63, 3.8) is 0 Å². The third-order valence-corrected chi connectivity index (χ3v) is 4.25. The lowest BCUT2D eigenvalue weighted by molar-refractivity contribution is 0.267. The zero-order valence-electron chi connectivity index (χ0n) is 14.0. The average Bonchev–Trinajstić information content (AvgIpc) is 3.00. The molecule has 1 aromatic carbocycles. The highest BCUT2D eigenvalue weighted by atomic mass is 127. The molecule has 1 fully saturated rings. The first-order chi connectivity index (χ1) is 10.7. The van der Waals surface area contributed by atoms with Gasteiger partial charge in [-0.3, -0.25) is 9.89 Å². The highest BCUT2D eigenvalue weighted by molar-refractivity contribution is 14.0. The quantitative estimate of drug-likeness (QED) is 0.411. The molecule has 2 N–H and O–H groups in total. The molecule has 4 nitrogen and oxygen atoms in total. The average molecular weight is 434 g/mol. The Balaban J connectivity index is 0.00000264. The topological polar surface area (TPSA) is 39.7 Å². The summed E-state index contributed by atoms with van der Waals surface area (Å²) in [4.78, 5) is 6.77. The summed E-state index contributed by atoms with van der Waals surface area (Å²) in [5.74, 6) is 0.649. The molecule has 1 saturated heterocycles. The van der Waals surface area contributed by atoms with Gasteiger partial charge in [0.1, 0.15) is 5.82 Å². The number of benzene rings is 1. The van der Waals surface area contributed by atoms with Gasteiger partial charge in [-0.1, -0.05) is 19.1 Å². The van der Waals surface area contributed by atoms with Crippen molar-refractivity contribution in [2.24, 2.45) is 4.99 Å². The van der Waals surface area contributed by atoms with Crippen molar-refractivity contribution in [3.8, 4) is 0 Å². The lowest BCUT2D eigenvalue weighted by Gasteiger charge is -2.24. The number of likely N-dealkylation sites (N-methyl/N-ethyl adjacent to an activating group) is 1. The first kappa shape index (κ1) is 20.2. The van der Waals surface area contributed by atoms with E-state index in [0.29, 0.717) is 6.04 Å². The first-order valence-corrected chi connectivity index (χ1v) is 8.16. The minimum atomic E-state index is -0.189. The number of nitrogens with zero attached hydrogens (tertiary/aromatic N) is 2. The van der Waals surface area contributed by atoms with Crippen molar-refractivity contribution in [2.45, 2.75) is 32.2 Å². The molecule has 2 rings (SSSR count). The SMILES string of the molecule is CCN1CCCC1CNC(=NC)NCCc1ccc(F)cc1.I. The predicted octanol–water partition coefficient (Wildman–Crippen LogP) is 2.64. The highest BCUT2D eigenvalue weighted by Crippen LogP contribution is 2.15. The lowest BCUT2D eigenvalue weighted by atomic mass is 10.1. The largest absolute Gasteiger partial charge is 0.356 e. The number of guanidine groups is 1. The van der Waals surface area contributed by atoms with Crippen molar-refractivity contribution >= 4 is 29.9 Å². The van der Waals surface area contributed by atoms with E-state index in [1.807, 2.05) is 12.1 Å². The summed E-state index contributed by atoms with van der Waals surface area (Å²) in [7, 11) is 1.79. The van der Waals surface area contributed by atoms with E-state index in [1.165, 1.54) is 31.5 Å². The van der Waals surface area contributed by atoms with Crippen LogP contribution in [0.2, 0.25) is 0 Å². The summed E-state index contributed by atoms with van der Waals surface area (Å²) >= 11 is 0. The van der Waals surface area contributed by atoms with Crippen molar-refractivity contribution in [3.05, 3.63) is 35.6 Å². The Kier molecular flexibility index (Phi) is 9.47. The van der Waals surface area contributed by atoms with E-state index in [-0.39, 0.29) is 29.8 Å². The van der Waals surface area contributed by atoms with Gasteiger partial charge in [-0.05, 0) is 50.0 Å². The lowest BCUT2D eigenvalue weighted by Crippen LogP contribution is -2.45. The Labute approximate surface area is 156 Å². The third-order valence-electron chi connectivity index (χ3n) is 4.25. The van der Waals surface area contributed by atoms with Gasteiger partial charge in [0.05, 0.1) is 0 Å². The molecule has 1 heterocycles. The molecule has 23 heavy (non-hydrogen) atoms. The zero-order chi connectivity index (χ0) is 15.8. The monoisotopic (exact) mass is 434 g/mol. The number of nitrogens with one attached hydrogen (secondary N) is 2. The normalized spacial score (nSPS) is 18.6. The van der Waals surface area contributed by atoms with E-state index in [0.717, 1.165) is 37.6 Å². The highest BCUT2D eigenvalue weighted by Gasteiger charge is 2.22. The summed E-state index contributed by atoms with van der Waals surface area (Å²) in [6.07, 6.45) is 3.40. The second-order valence-electron chi connectivity index (χ2n) is 5.68. The van der Waals surface area contributed by atoms with Gasteiger partial charge in [0.15, 0.2) is 5.96 Å². The number of hydrogen-bond acceptors (Lipinski definition) is 2. The van der Waals surface area contributed by atoms with Gasteiger partial charge < -0.3 is 10.6 Å². The Morgan fingerprint density at radius 1 is 1.30 bits per heavy atom. The molecule has 0 bridgehead atoms. The molecule has 0 aromatic heterocycles. The van der Waals surface area contributed by atoms with Crippen LogP contribution in [0.25, 0.3) is 0 Å². The van der Waals surface area contributed by atoms with E-state index < -0.39 is 0 Å². The molecule has 1 atom stereocenters. The maximum Gasteiger partial charge on any atom is 0.191 e. The molecular formula is C17H28FIN4. The van der Waals surface area contributed by atoms with Crippen LogP contribution in [0, 0.1) is 5.82 Å². The Morgan fingerprint density at radius 2 is 2.04 bits per heavy atom. The summed E-state index contributed by atoms with van der Waals surface area (Å²) in [5, 5.41) is 6.72. The molecule has 1 aliphatic heterocycles. The summed E-state index contributed by atoms with van der Waals surface area (Å²) in [6.45, 7) is 6.26. The second kappa shape index (κ2) is 10.8. The molecule has 6 heteroatoms. The number of rotatable bonds is 6. The van der Waals surface area contributed by atoms with Gasteiger partial charge in [-0.2, -0.15) is 0 Å². The molecule has 1 aliphatic rings. The maximum atomic E-state index is 12.9. The maximum absolute atomic E-state index is 12.9. The fourth-order valence-electron chi connectivity index (χ4n) is 2.95. The zero-order valence-corrected chi connectivity index (χ0v) is 16.3. The van der Waals surface area contributed by atoms with Gasteiger partial charge in [0.25, 0.3) is 0 Å². The number of halogens is 2. The molecule has 130 valence electrons. The van der Waals surface area contributed by atoms with Gasteiger partial charge >= 0.3 is 0 Å². The molecule has 0 aliphatic carbocycles. The molecular weight excluding hydrogens is 406 g/mol. The molecule has 0 radical (unpaired) electrons. The first-order valence-electron chi connectivity index (χ1n) is 8.16. The van der Waals surface area contributed by atoms with E-state index >= 15 is 0 Å². The van der Waals surface area contributed by atoms with Crippen LogP contribution in [0.15, 0.2) is 29.3 Å². The molecule has 0 saturated carbocycles. The van der Waals surface area contributed by atoms with Crippen molar-refractivity contribution < 1.29 is 4.39 Å². The predicted molar refractivity (Wildman–Crippen MR) is 105 cm³/mol. The van der Waals surface area contributed by atoms with E-state index in [4.69, 9.17) is 0 Å². The second-order valence-corrected chi connectivity index (χ2v) is 5.68. The van der Waals surface area contributed by atoms with Crippen LogP contribution < -0.4 is 10.6 Å². The standard InChI is InChI=1S/C17H27FN4.HI/c1-3-22-12-4-5-16(22)13-21-17(19-2)20-11-10-14-6-8-15(18)9-7-14;/h6-9,16H,3-5,10-13H2,1-2H3,(H2,19,20,21);1H. The summed E-state index contributed by atoms with van der Waals surface area (Å²) < 4.78 is 12.9. The van der Waals surface area contributed by atoms with E-state index in [9.17, 15) is 4.39 Å². The molecule has 1 unspecified atom stereocenters. The fourth-order valence-corrected chi connectivity index (χ4v) is 2.95. The molecule has 0 amide bonds. The van der Waals surface area contributed by atoms with Crippen LogP contribution >= 0.6 is 24.0 Å². The summed E-state index contributed by atoms with van der Waals surface area (Å²) in [5.41, 5.74) is 1.12. The summed E-state index contributed by atoms with van der Waals surface area (Å²) in [6, 6.07) is 7.26. The van der Waals surface area contributed by atoms with Crippen LogP contribution in [0.4, 0.5) is 4.39 Å². The van der Waals surface area contributed by atoms with Crippen LogP contribution in [0.1, 0.15) is 25.3 Å².